The lowest BCUT2D eigenvalue weighted by atomic mass is 10.0. The van der Waals surface area contributed by atoms with E-state index in [4.69, 9.17) is 4.74 Å². The number of hydrogen-bond donors (Lipinski definition) is 2. The Kier molecular flexibility index (Phi) is 3.66. The van der Waals surface area contributed by atoms with Crippen molar-refractivity contribution < 1.29 is 14.6 Å². The van der Waals surface area contributed by atoms with Gasteiger partial charge in [-0.05, 0) is 23.6 Å². The highest BCUT2D eigenvalue weighted by atomic mass is 16.5. The van der Waals surface area contributed by atoms with E-state index in [1.807, 2.05) is 30.3 Å². The fraction of sp³-hybridized carbons (Fsp3) is 0.0556. The number of fused-ring (bicyclic) bond motifs is 1. The molecule has 0 fully saturated rings. The van der Waals surface area contributed by atoms with Crippen LogP contribution in [0.1, 0.15) is 10.4 Å². The minimum Gasteiger partial charge on any atom is -0.506 e. The quantitative estimate of drug-likeness (QED) is 0.772. The molecule has 0 saturated heterocycles. The van der Waals surface area contributed by atoms with Crippen LogP contribution in [0, 0.1) is 0 Å². The third-order valence-corrected chi connectivity index (χ3v) is 3.50. The van der Waals surface area contributed by atoms with E-state index < -0.39 is 0 Å². The summed E-state index contributed by atoms with van der Waals surface area (Å²) in [7, 11) is 1.54. The summed E-state index contributed by atoms with van der Waals surface area (Å²) in [6.07, 6.45) is 0. The molecule has 0 spiro atoms. The molecular weight excluding hydrogens is 278 g/mol. The third kappa shape index (κ3) is 2.46. The molecule has 3 aromatic carbocycles. The van der Waals surface area contributed by atoms with Crippen LogP contribution < -0.4 is 10.1 Å². The predicted octanol–water partition coefficient (Wildman–Crippen LogP) is 3.81. The van der Waals surface area contributed by atoms with Crippen LogP contribution >= 0.6 is 0 Å². The van der Waals surface area contributed by atoms with Crippen LogP contribution in [0.25, 0.3) is 10.8 Å². The van der Waals surface area contributed by atoms with E-state index >= 15 is 0 Å². The molecule has 0 unspecified atom stereocenters. The molecule has 0 atom stereocenters. The molecule has 2 N–H and O–H groups in total. The van der Waals surface area contributed by atoms with Crippen LogP contribution in [0.2, 0.25) is 0 Å². The summed E-state index contributed by atoms with van der Waals surface area (Å²) < 4.78 is 5.21. The summed E-state index contributed by atoms with van der Waals surface area (Å²) in [6, 6.07) is 17.9. The maximum Gasteiger partial charge on any atom is 0.259 e. The van der Waals surface area contributed by atoms with E-state index in [2.05, 4.69) is 5.32 Å². The Morgan fingerprint density at radius 3 is 2.55 bits per heavy atom. The first-order valence-electron chi connectivity index (χ1n) is 6.86. The van der Waals surface area contributed by atoms with Crippen LogP contribution in [0.3, 0.4) is 0 Å². The van der Waals surface area contributed by atoms with Gasteiger partial charge < -0.3 is 15.2 Å². The number of carbonyl (C=O) groups is 1. The summed E-state index contributed by atoms with van der Waals surface area (Å²) in [5, 5.41) is 14.6. The van der Waals surface area contributed by atoms with Crippen molar-refractivity contribution in [2.75, 3.05) is 12.4 Å². The Morgan fingerprint density at radius 1 is 1.00 bits per heavy atom. The first-order chi connectivity index (χ1) is 10.7. The standard InChI is InChI=1S/C18H15NO3/c1-22-16-9-5-4-8-15(16)19-18(21)14-11-10-12-6-2-3-7-13(12)17(14)20/h2-11,20H,1H3,(H,19,21). The molecule has 0 aromatic heterocycles. The average Bonchev–Trinajstić information content (AvgIpc) is 2.56. The number of aromatic hydroxyl groups is 1. The summed E-state index contributed by atoms with van der Waals surface area (Å²) in [6.45, 7) is 0. The number of para-hydroxylation sites is 2. The van der Waals surface area contributed by atoms with E-state index in [-0.39, 0.29) is 17.2 Å². The maximum atomic E-state index is 12.4. The van der Waals surface area contributed by atoms with Gasteiger partial charge in [0.2, 0.25) is 0 Å². The van der Waals surface area contributed by atoms with Gasteiger partial charge in [0.05, 0.1) is 18.4 Å². The Hall–Kier alpha value is -3.01. The number of methoxy groups -OCH3 is 1. The molecule has 22 heavy (non-hydrogen) atoms. The highest BCUT2D eigenvalue weighted by Crippen LogP contribution is 2.30. The van der Waals surface area contributed by atoms with Crippen molar-refractivity contribution in [3.8, 4) is 11.5 Å². The summed E-state index contributed by atoms with van der Waals surface area (Å²) in [5.74, 6) is 0.161. The Morgan fingerprint density at radius 2 is 1.73 bits per heavy atom. The number of amides is 1. The van der Waals surface area contributed by atoms with Crippen molar-refractivity contribution in [2.45, 2.75) is 0 Å². The fourth-order valence-electron chi connectivity index (χ4n) is 2.38. The molecule has 0 aliphatic rings. The molecule has 110 valence electrons. The molecular formula is C18H15NO3. The SMILES string of the molecule is COc1ccccc1NC(=O)c1ccc2ccccc2c1O. The lowest BCUT2D eigenvalue weighted by Gasteiger charge is -2.11. The highest BCUT2D eigenvalue weighted by Gasteiger charge is 2.15. The minimum atomic E-state index is -0.382. The number of carbonyl (C=O) groups excluding carboxylic acids is 1. The number of hydrogen-bond acceptors (Lipinski definition) is 3. The smallest absolute Gasteiger partial charge is 0.259 e. The van der Waals surface area contributed by atoms with Crippen LogP contribution in [0.4, 0.5) is 5.69 Å². The van der Waals surface area contributed by atoms with Crippen molar-refractivity contribution in [1.29, 1.82) is 0 Å². The average molecular weight is 293 g/mol. The number of nitrogens with one attached hydrogen (secondary N) is 1. The van der Waals surface area contributed by atoms with Gasteiger partial charge in [-0.25, -0.2) is 0 Å². The van der Waals surface area contributed by atoms with Crippen molar-refractivity contribution in [3.63, 3.8) is 0 Å². The van der Waals surface area contributed by atoms with Crippen LogP contribution in [-0.4, -0.2) is 18.1 Å². The molecule has 0 aliphatic heterocycles. The van der Waals surface area contributed by atoms with E-state index in [1.165, 1.54) is 0 Å². The van der Waals surface area contributed by atoms with E-state index in [0.29, 0.717) is 16.8 Å². The number of rotatable bonds is 3. The lowest BCUT2D eigenvalue weighted by molar-refractivity contribution is 0.102. The number of benzene rings is 3. The summed E-state index contributed by atoms with van der Waals surface area (Å²) in [5.41, 5.74) is 0.784. The number of phenols is 1. The number of anilines is 1. The zero-order valence-electron chi connectivity index (χ0n) is 12.0. The van der Waals surface area contributed by atoms with Crippen molar-refractivity contribution in [3.05, 3.63) is 66.2 Å². The Labute approximate surface area is 128 Å². The van der Waals surface area contributed by atoms with Gasteiger partial charge >= 0.3 is 0 Å². The van der Waals surface area contributed by atoms with E-state index in [0.717, 1.165) is 5.39 Å². The van der Waals surface area contributed by atoms with Gasteiger partial charge in [0.1, 0.15) is 11.5 Å². The van der Waals surface area contributed by atoms with Gasteiger partial charge in [-0.2, -0.15) is 0 Å². The van der Waals surface area contributed by atoms with Gasteiger partial charge in [0.25, 0.3) is 5.91 Å². The van der Waals surface area contributed by atoms with Crippen LogP contribution in [0.15, 0.2) is 60.7 Å². The first-order valence-corrected chi connectivity index (χ1v) is 6.86. The minimum absolute atomic E-state index is 0.0227. The molecule has 0 heterocycles. The molecule has 3 aromatic rings. The maximum absolute atomic E-state index is 12.4. The first kappa shape index (κ1) is 13.9. The molecule has 3 rings (SSSR count). The Bertz CT molecular complexity index is 843. The molecule has 0 bridgehead atoms. The third-order valence-electron chi connectivity index (χ3n) is 3.50. The topological polar surface area (TPSA) is 58.6 Å². The van der Waals surface area contributed by atoms with Gasteiger partial charge in [-0.1, -0.05) is 42.5 Å². The second kappa shape index (κ2) is 5.77. The molecule has 0 saturated carbocycles. The van der Waals surface area contributed by atoms with E-state index in [1.54, 1.807) is 37.4 Å². The van der Waals surface area contributed by atoms with Gasteiger partial charge in [-0.15, -0.1) is 0 Å². The lowest BCUT2D eigenvalue weighted by Crippen LogP contribution is -2.12. The largest absolute Gasteiger partial charge is 0.506 e. The second-order valence-electron chi connectivity index (χ2n) is 4.84. The molecule has 4 heteroatoms. The van der Waals surface area contributed by atoms with Crippen molar-refractivity contribution in [2.24, 2.45) is 0 Å². The zero-order chi connectivity index (χ0) is 15.5. The number of ether oxygens (including phenoxy) is 1. The van der Waals surface area contributed by atoms with Crippen molar-refractivity contribution >= 4 is 22.4 Å². The fourth-order valence-corrected chi connectivity index (χ4v) is 2.38. The van der Waals surface area contributed by atoms with Crippen LogP contribution in [0.5, 0.6) is 11.5 Å². The van der Waals surface area contributed by atoms with Gasteiger partial charge in [0, 0.05) is 5.39 Å². The van der Waals surface area contributed by atoms with Gasteiger partial charge in [0.15, 0.2) is 0 Å². The summed E-state index contributed by atoms with van der Waals surface area (Å²) >= 11 is 0. The van der Waals surface area contributed by atoms with E-state index in [9.17, 15) is 9.90 Å². The normalized spacial score (nSPS) is 10.4. The Balaban J connectivity index is 1.97. The highest BCUT2D eigenvalue weighted by molar-refractivity contribution is 6.10. The summed E-state index contributed by atoms with van der Waals surface area (Å²) in [4.78, 5) is 12.4. The molecule has 1 amide bonds. The molecule has 0 aliphatic carbocycles. The monoisotopic (exact) mass is 293 g/mol. The molecule has 0 radical (unpaired) electrons. The predicted molar refractivity (Wildman–Crippen MR) is 86.6 cm³/mol. The van der Waals surface area contributed by atoms with Crippen LogP contribution in [-0.2, 0) is 0 Å². The number of phenolic OH excluding ortho intramolecular Hbond substituents is 1. The molecule has 4 nitrogen and oxygen atoms in total. The van der Waals surface area contributed by atoms with Gasteiger partial charge in [-0.3, -0.25) is 4.79 Å². The second-order valence-corrected chi connectivity index (χ2v) is 4.84. The van der Waals surface area contributed by atoms with Crippen molar-refractivity contribution in [1.82, 2.24) is 0 Å². The zero-order valence-corrected chi connectivity index (χ0v) is 12.0.